The van der Waals surface area contributed by atoms with Gasteiger partial charge in [-0.15, -0.1) is 0 Å². The van der Waals surface area contributed by atoms with Crippen molar-refractivity contribution in [3.8, 4) is 0 Å². The maximum Gasteiger partial charge on any atom is 0.267 e. The summed E-state index contributed by atoms with van der Waals surface area (Å²) in [4.78, 5) is 42.3. The van der Waals surface area contributed by atoms with Gasteiger partial charge in [0.25, 0.3) is 11.8 Å². The lowest BCUT2D eigenvalue weighted by atomic mass is 10.1. The third kappa shape index (κ3) is 4.04. The molecule has 0 aromatic heterocycles. The lowest BCUT2D eigenvalue weighted by Crippen LogP contribution is -2.39. The van der Waals surface area contributed by atoms with Gasteiger partial charge >= 0.3 is 0 Å². The van der Waals surface area contributed by atoms with Crippen molar-refractivity contribution in [1.29, 1.82) is 0 Å². The smallest absolute Gasteiger partial charge is 0.267 e. The van der Waals surface area contributed by atoms with Gasteiger partial charge in [-0.2, -0.15) is 0 Å². The fourth-order valence-electron chi connectivity index (χ4n) is 4.35. The molecule has 0 bridgehead atoms. The van der Waals surface area contributed by atoms with Crippen LogP contribution in [0.2, 0.25) is 0 Å². The first-order chi connectivity index (χ1) is 16.2. The van der Waals surface area contributed by atoms with Crippen molar-refractivity contribution in [2.45, 2.75) is 12.5 Å². The van der Waals surface area contributed by atoms with Crippen LogP contribution in [0.25, 0.3) is 5.57 Å². The summed E-state index contributed by atoms with van der Waals surface area (Å²) < 4.78 is 24.1. The van der Waals surface area contributed by atoms with Crippen LogP contribution in [0.1, 0.15) is 12.0 Å². The van der Waals surface area contributed by atoms with E-state index in [1.54, 1.807) is 48.5 Å². The molecule has 0 aliphatic carbocycles. The maximum absolute atomic E-state index is 13.5. The molecule has 2 saturated heterocycles. The van der Waals surface area contributed by atoms with Gasteiger partial charge in [0.1, 0.15) is 10.9 Å². The summed E-state index contributed by atoms with van der Waals surface area (Å²) in [5.41, 5.74) is 1.86. The van der Waals surface area contributed by atoms with Crippen molar-refractivity contribution in [1.82, 2.24) is 4.90 Å². The average molecular weight is 514 g/mol. The Balaban J connectivity index is 1.46. The number of para-hydroxylation sites is 2. The third-order valence-electron chi connectivity index (χ3n) is 5.88. The molecule has 0 unspecified atom stereocenters. The van der Waals surface area contributed by atoms with Crippen molar-refractivity contribution in [3.63, 3.8) is 0 Å². The average Bonchev–Trinajstić information content (AvgIpc) is 3.39. The monoisotopic (exact) mass is 513 g/mol. The van der Waals surface area contributed by atoms with E-state index in [0.29, 0.717) is 23.4 Å². The largest absolute Gasteiger partial charge is 0.325 e. The number of fused-ring (bicyclic) bond motifs is 1. The van der Waals surface area contributed by atoms with E-state index in [4.69, 9.17) is 12.2 Å². The summed E-state index contributed by atoms with van der Waals surface area (Å²) in [5, 5.41) is 2.77. The number of carbonyl (C=O) groups is 3. The van der Waals surface area contributed by atoms with Gasteiger partial charge in [-0.1, -0.05) is 60.4 Å². The Morgan fingerprint density at radius 3 is 2.47 bits per heavy atom. The molecule has 3 amide bonds. The highest BCUT2D eigenvalue weighted by Gasteiger charge is 2.46. The predicted octanol–water partition coefficient (Wildman–Crippen LogP) is 2.43. The topological polar surface area (TPSA) is 104 Å². The molecule has 2 aromatic carbocycles. The van der Waals surface area contributed by atoms with Gasteiger partial charge in [0.15, 0.2) is 9.84 Å². The van der Waals surface area contributed by atoms with Crippen molar-refractivity contribution < 1.29 is 22.8 Å². The van der Waals surface area contributed by atoms with E-state index in [2.05, 4.69) is 5.32 Å². The molecule has 174 valence electrons. The molecule has 11 heteroatoms. The molecule has 3 aliphatic rings. The molecule has 34 heavy (non-hydrogen) atoms. The van der Waals surface area contributed by atoms with Gasteiger partial charge in [-0.05, 0) is 24.6 Å². The second-order valence-corrected chi connectivity index (χ2v) is 12.0. The Bertz CT molecular complexity index is 1370. The Morgan fingerprint density at radius 2 is 1.76 bits per heavy atom. The Kier molecular flexibility index (Phi) is 5.78. The van der Waals surface area contributed by atoms with E-state index in [1.807, 2.05) is 6.07 Å². The summed E-state index contributed by atoms with van der Waals surface area (Å²) >= 11 is 6.40. The number of thiocarbonyl (C=S) groups is 1. The molecule has 3 aliphatic heterocycles. The standard InChI is InChI=1S/C23H19N3O5S3/c27-18(24-14-6-2-1-3-7-14)12-25-17-9-5-4-8-16(17)19(21(25)28)20-22(29)26(23(32)33-20)15-10-11-34(30,31)13-15/h1-9,15H,10-13H2,(H,24,27)/b20-19+/t15-/m1/s1. The number of carbonyl (C=O) groups excluding carboxylic acids is 3. The summed E-state index contributed by atoms with van der Waals surface area (Å²) in [6.07, 6.45) is 0.313. The van der Waals surface area contributed by atoms with Crippen molar-refractivity contribution in [3.05, 3.63) is 65.1 Å². The van der Waals surface area contributed by atoms with E-state index in [1.165, 1.54) is 9.80 Å². The summed E-state index contributed by atoms with van der Waals surface area (Å²) in [7, 11) is -3.22. The number of nitrogens with one attached hydrogen (secondary N) is 1. The van der Waals surface area contributed by atoms with Crippen LogP contribution in [0, 0.1) is 0 Å². The summed E-state index contributed by atoms with van der Waals surface area (Å²) in [6, 6.07) is 15.3. The van der Waals surface area contributed by atoms with E-state index in [0.717, 1.165) is 11.8 Å². The lowest BCUT2D eigenvalue weighted by molar-refractivity contribution is -0.123. The first-order valence-electron chi connectivity index (χ1n) is 10.5. The lowest BCUT2D eigenvalue weighted by Gasteiger charge is -2.21. The number of nitrogens with zero attached hydrogens (tertiary/aromatic N) is 2. The minimum atomic E-state index is -3.22. The molecule has 8 nitrogen and oxygen atoms in total. The SMILES string of the molecule is O=C(CN1C(=O)/C(=C2/SC(=S)N([C@@H]3CCS(=O)(=O)C3)C2=O)c2ccccc21)Nc1ccccc1. The van der Waals surface area contributed by atoms with E-state index >= 15 is 0 Å². The van der Waals surface area contributed by atoms with Gasteiger partial charge in [0.05, 0.1) is 33.7 Å². The molecule has 2 fully saturated rings. The number of hydrogen-bond donors (Lipinski definition) is 1. The van der Waals surface area contributed by atoms with Gasteiger partial charge in [-0.3, -0.25) is 24.2 Å². The van der Waals surface area contributed by atoms with Gasteiger partial charge in [0, 0.05) is 11.3 Å². The molecular weight excluding hydrogens is 494 g/mol. The van der Waals surface area contributed by atoms with Crippen molar-refractivity contribution in [2.24, 2.45) is 0 Å². The summed E-state index contributed by atoms with van der Waals surface area (Å²) in [6.45, 7) is -0.227. The quantitative estimate of drug-likeness (QED) is 0.495. The second kappa shape index (κ2) is 8.64. The van der Waals surface area contributed by atoms with Gasteiger partial charge in [0.2, 0.25) is 5.91 Å². The van der Waals surface area contributed by atoms with Crippen LogP contribution >= 0.6 is 24.0 Å². The van der Waals surface area contributed by atoms with Crippen LogP contribution in [0.15, 0.2) is 59.5 Å². The molecule has 1 N–H and O–H groups in total. The molecular formula is C23H19N3O5S3. The van der Waals surface area contributed by atoms with Crippen LogP contribution in [0.4, 0.5) is 11.4 Å². The van der Waals surface area contributed by atoms with Crippen molar-refractivity contribution >= 4 is 72.8 Å². The zero-order chi connectivity index (χ0) is 24.0. The van der Waals surface area contributed by atoms with Gasteiger partial charge in [-0.25, -0.2) is 8.42 Å². The number of sulfone groups is 1. The minimum absolute atomic E-state index is 0.00665. The Hall–Kier alpha value is -3.02. The highest BCUT2D eigenvalue weighted by Crippen LogP contribution is 2.45. The first-order valence-corrected chi connectivity index (χ1v) is 13.6. The fourth-order valence-corrected chi connectivity index (χ4v) is 7.52. The van der Waals surface area contributed by atoms with Crippen LogP contribution in [0.3, 0.4) is 0 Å². The molecule has 3 heterocycles. The van der Waals surface area contributed by atoms with E-state index < -0.39 is 27.7 Å². The normalized spacial score (nSPS) is 23.5. The molecule has 1 atom stereocenters. The number of thioether (sulfide) groups is 1. The highest BCUT2D eigenvalue weighted by atomic mass is 32.2. The molecule has 5 rings (SSSR count). The third-order valence-corrected chi connectivity index (χ3v) is 9.03. The minimum Gasteiger partial charge on any atom is -0.325 e. The number of anilines is 2. The number of hydrogen-bond acceptors (Lipinski definition) is 7. The molecule has 0 saturated carbocycles. The molecule has 0 radical (unpaired) electrons. The zero-order valence-electron chi connectivity index (χ0n) is 17.8. The van der Waals surface area contributed by atoms with Crippen LogP contribution in [-0.2, 0) is 24.2 Å². The molecule has 0 spiro atoms. The van der Waals surface area contributed by atoms with Crippen LogP contribution < -0.4 is 10.2 Å². The summed E-state index contributed by atoms with van der Waals surface area (Å²) in [5.74, 6) is -1.44. The van der Waals surface area contributed by atoms with Gasteiger partial charge < -0.3 is 5.32 Å². The Labute approximate surface area is 205 Å². The van der Waals surface area contributed by atoms with Crippen molar-refractivity contribution in [2.75, 3.05) is 28.3 Å². The fraction of sp³-hybridized carbons (Fsp3) is 0.217. The number of benzene rings is 2. The van der Waals surface area contributed by atoms with Crippen LogP contribution in [0.5, 0.6) is 0 Å². The molecule has 2 aromatic rings. The van der Waals surface area contributed by atoms with E-state index in [-0.39, 0.29) is 38.8 Å². The predicted molar refractivity (Wildman–Crippen MR) is 135 cm³/mol. The number of rotatable bonds is 4. The maximum atomic E-state index is 13.5. The zero-order valence-corrected chi connectivity index (χ0v) is 20.2. The van der Waals surface area contributed by atoms with E-state index in [9.17, 15) is 22.8 Å². The van der Waals surface area contributed by atoms with Crippen LogP contribution in [-0.4, -0.2) is 59.5 Å². The highest BCUT2D eigenvalue weighted by molar-refractivity contribution is 8.26. The Morgan fingerprint density at radius 1 is 1.06 bits per heavy atom. The second-order valence-electron chi connectivity index (χ2n) is 8.13. The first kappa shape index (κ1) is 22.8. The number of amides is 3.